The molecule has 0 atom stereocenters. The summed E-state index contributed by atoms with van der Waals surface area (Å²) in [5.74, 6) is 0. The van der Waals surface area contributed by atoms with Crippen molar-refractivity contribution in [1.82, 2.24) is 0 Å². The molecule has 0 N–H and O–H groups in total. The Morgan fingerprint density at radius 3 is 2.53 bits per heavy atom. The summed E-state index contributed by atoms with van der Waals surface area (Å²) in [7, 11) is 0. The molecule has 0 fully saturated rings. The van der Waals surface area contributed by atoms with Crippen LogP contribution in [0.2, 0.25) is 0 Å². The number of benzene rings is 1. The van der Waals surface area contributed by atoms with Gasteiger partial charge in [-0.05, 0) is 54.6 Å². The molecule has 0 amide bonds. The maximum Gasteiger partial charge on any atom is 0.446 e. The number of alkyl halides is 3. The van der Waals surface area contributed by atoms with E-state index in [1.807, 2.05) is 6.07 Å². The lowest BCUT2D eigenvalue weighted by Gasteiger charge is -2.19. The van der Waals surface area contributed by atoms with Crippen molar-refractivity contribution in [2.45, 2.75) is 36.1 Å². The van der Waals surface area contributed by atoms with E-state index >= 15 is 0 Å². The minimum absolute atomic E-state index is 0.0154. The lowest BCUT2D eigenvalue weighted by Crippen LogP contribution is -2.07. The summed E-state index contributed by atoms with van der Waals surface area (Å²) in [6.07, 6.45) is 3.80. The lowest BCUT2D eigenvalue weighted by molar-refractivity contribution is -0.0328. The first-order valence-corrected chi connectivity index (χ1v) is 5.74. The van der Waals surface area contributed by atoms with Crippen molar-refractivity contribution >= 4 is 11.8 Å². The molecule has 1 aliphatic rings. The summed E-state index contributed by atoms with van der Waals surface area (Å²) in [6.45, 7) is 0. The minimum Gasteiger partial charge on any atom is -0.160 e. The van der Waals surface area contributed by atoms with E-state index < -0.39 is 5.51 Å². The summed E-state index contributed by atoms with van der Waals surface area (Å²) in [5.41, 5.74) is -2.17. The van der Waals surface area contributed by atoms with Crippen molar-refractivity contribution in [3.63, 3.8) is 0 Å². The van der Waals surface area contributed by atoms with Gasteiger partial charge in [0.1, 0.15) is 0 Å². The maximum absolute atomic E-state index is 12.3. The Morgan fingerprint density at radius 2 is 1.80 bits per heavy atom. The van der Waals surface area contributed by atoms with Gasteiger partial charge in [-0.2, -0.15) is 13.2 Å². The molecule has 0 heterocycles. The van der Waals surface area contributed by atoms with Crippen LogP contribution in [0.25, 0.3) is 0 Å². The second kappa shape index (κ2) is 4.08. The van der Waals surface area contributed by atoms with Crippen molar-refractivity contribution < 1.29 is 13.2 Å². The average Bonchev–Trinajstić information content (AvgIpc) is 2.16. The highest BCUT2D eigenvalue weighted by Crippen LogP contribution is 2.40. The van der Waals surface area contributed by atoms with Crippen LogP contribution >= 0.6 is 11.8 Å². The molecule has 0 saturated carbocycles. The van der Waals surface area contributed by atoms with Gasteiger partial charge >= 0.3 is 5.51 Å². The number of halogens is 3. The average molecular weight is 232 g/mol. The smallest absolute Gasteiger partial charge is 0.160 e. The zero-order valence-electron chi connectivity index (χ0n) is 8.10. The van der Waals surface area contributed by atoms with Crippen LogP contribution in [0.1, 0.15) is 24.0 Å². The first-order chi connectivity index (χ1) is 7.06. The normalized spacial score (nSPS) is 16.2. The predicted octanol–water partition coefficient (Wildman–Crippen LogP) is 4.18. The van der Waals surface area contributed by atoms with Gasteiger partial charge in [-0.25, -0.2) is 0 Å². The van der Waals surface area contributed by atoms with E-state index in [2.05, 4.69) is 0 Å². The second-order valence-corrected chi connectivity index (χ2v) is 4.76. The fourth-order valence-electron chi connectivity index (χ4n) is 1.97. The van der Waals surface area contributed by atoms with Crippen molar-refractivity contribution in [3.8, 4) is 0 Å². The zero-order valence-corrected chi connectivity index (χ0v) is 8.92. The molecule has 4 heteroatoms. The van der Waals surface area contributed by atoms with Crippen LogP contribution in [0.5, 0.6) is 0 Å². The van der Waals surface area contributed by atoms with Crippen molar-refractivity contribution in [2.75, 3.05) is 0 Å². The van der Waals surface area contributed by atoms with Crippen LogP contribution in [0.3, 0.4) is 0 Å². The predicted molar refractivity (Wildman–Crippen MR) is 55.0 cm³/mol. The van der Waals surface area contributed by atoms with Crippen molar-refractivity contribution in [2.24, 2.45) is 0 Å². The van der Waals surface area contributed by atoms with E-state index in [4.69, 9.17) is 0 Å². The van der Waals surface area contributed by atoms with Gasteiger partial charge < -0.3 is 0 Å². The second-order valence-electron chi connectivity index (χ2n) is 3.65. The molecule has 0 nitrogen and oxygen atoms in total. The molecule has 0 saturated heterocycles. The van der Waals surface area contributed by atoms with E-state index in [0.29, 0.717) is 4.90 Å². The van der Waals surface area contributed by atoms with Crippen LogP contribution in [-0.4, -0.2) is 5.51 Å². The first kappa shape index (κ1) is 10.9. The SMILES string of the molecule is FC(F)(F)Sc1cccc2c1CCCC2. The van der Waals surface area contributed by atoms with Gasteiger partial charge in [0.2, 0.25) is 0 Å². The van der Waals surface area contributed by atoms with E-state index in [9.17, 15) is 13.2 Å². The third kappa shape index (κ3) is 2.68. The van der Waals surface area contributed by atoms with E-state index in [1.54, 1.807) is 12.1 Å². The molecule has 15 heavy (non-hydrogen) atoms. The standard InChI is InChI=1S/C11H11F3S/c12-11(13,14)15-10-7-3-5-8-4-1-2-6-9(8)10/h3,5,7H,1-2,4,6H2. The van der Waals surface area contributed by atoms with E-state index in [1.165, 1.54) is 0 Å². The van der Waals surface area contributed by atoms with Gasteiger partial charge in [-0.3, -0.25) is 0 Å². The number of aryl methyl sites for hydroxylation is 1. The third-order valence-corrected chi connectivity index (χ3v) is 3.41. The number of hydrogen-bond acceptors (Lipinski definition) is 1. The molecule has 0 bridgehead atoms. The molecule has 0 aromatic heterocycles. The van der Waals surface area contributed by atoms with Gasteiger partial charge in [0, 0.05) is 4.90 Å². The Kier molecular flexibility index (Phi) is 2.96. The van der Waals surface area contributed by atoms with Crippen LogP contribution in [-0.2, 0) is 12.8 Å². The number of fused-ring (bicyclic) bond motifs is 1. The van der Waals surface area contributed by atoms with Crippen LogP contribution in [0.15, 0.2) is 23.1 Å². The number of hydrogen-bond donors (Lipinski definition) is 0. The first-order valence-electron chi connectivity index (χ1n) is 4.93. The molecule has 2 rings (SSSR count). The summed E-state index contributed by atoms with van der Waals surface area (Å²) in [5, 5.41) is 0. The topological polar surface area (TPSA) is 0 Å². The maximum atomic E-state index is 12.3. The molecule has 1 aliphatic carbocycles. The largest absolute Gasteiger partial charge is 0.446 e. The summed E-state index contributed by atoms with van der Waals surface area (Å²) < 4.78 is 36.8. The Balaban J connectivity index is 2.31. The number of rotatable bonds is 1. The van der Waals surface area contributed by atoms with Crippen LogP contribution in [0.4, 0.5) is 13.2 Å². The van der Waals surface area contributed by atoms with Crippen LogP contribution < -0.4 is 0 Å². The fourth-order valence-corrected chi connectivity index (χ4v) is 2.72. The molecule has 0 spiro atoms. The van der Waals surface area contributed by atoms with Gasteiger partial charge in [0.25, 0.3) is 0 Å². The highest BCUT2D eigenvalue weighted by atomic mass is 32.2. The summed E-state index contributed by atoms with van der Waals surface area (Å²) in [4.78, 5) is 0.389. The molecule has 82 valence electrons. The molecule has 0 radical (unpaired) electrons. The van der Waals surface area contributed by atoms with E-state index in [0.717, 1.165) is 36.8 Å². The summed E-state index contributed by atoms with van der Waals surface area (Å²) in [6, 6.07) is 5.23. The van der Waals surface area contributed by atoms with Crippen molar-refractivity contribution in [1.29, 1.82) is 0 Å². The quantitative estimate of drug-likeness (QED) is 0.654. The van der Waals surface area contributed by atoms with Gasteiger partial charge in [0.15, 0.2) is 0 Å². The monoisotopic (exact) mass is 232 g/mol. The zero-order chi connectivity index (χ0) is 10.9. The Bertz CT molecular complexity index is 357. The highest BCUT2D eigenvalue weighted by molar-refractivity contribution is 8.00. The summed E-state index contributed by atoms with van der Waals surface area (Å²) >= 11 is 0.0154. The minimum atomic E-state index is -4.17. The Labute approximate surface area is 90.9 Å². The molecule has 0 unspecified atom stereocenters. The number of thioether (sulfide) groups is 1. The molecule has 1 aromatic carbocycles. The molecule has 0 aliphatic heterocycles. The molecular formula is C11H11F3S. The molecular weight excluding hydrogens is 221 g/mol. The third-order valence-electron chi connectivity index (χ3n) is 2.58. The highest BCUT2D eigenvalue weighted by Gasteiger charge is 2.31. The molecule has 1 aromatic rings. The fraction of sp³-hybridized carbons (Fsp3) is 0.455. The van der Waals surface area contributed by atoms with E-state index in [-0.39, 0.29) is 11.8 Å². The van der Waals surface area contributed by atoms with Crippen LogP contribution in [0, 0.1) is 0 Å². The Hall–Kier alpha value is -0.640. The van der Waals surface area contributed by atoms with Gasteiger partial charge in [-0.15, -0.1) is 0 Å². The lowest BCUT2D eigenvalue weighted by atomic mass is 9.92. The Morgan fingerprint density at radius 1 is 1.07 bits per heavy atom. The van der Waals surface area contributed by atoms with Gasteiger partial charge in [-0.1, -0.05) is 12.1 Å². The van der Waals surface area contributed by atoms with Crippen molar-refractivity contribution in [3.05, 3.63) is 29.3 Å². The van der Waals surface area contributed by atoms with Gasteiger partial charge in [0.05, 0.1) is 0 Å².